The summed E-state index contributed by atoms with van der Waals surface area (Å²) in [4.78, 5) is 30.5. The van der Waals surface area contributed by atoms with E-state index >= 15 is 0 Å². The third-order valence-corrected chi connectivity index (χ3v) is 4.13. The average Bonchev–Trinajstić information content (AvgIpc) is 2.99. The smallest absolute Gasteiger partial charge is 0.264 e. The monoisotopic (exact) mass is 355 g/mol. The number of rotatable bonds is 6. The Morgan fingerprint density at radius 1 is 1.35 bits per heavy atom. The van der Waals surface area contributed by atoms with Crippen molar-refractivity contribution in [3.63, 3.8) is 0 Å². The number of hydrogen-bond acceptors (Lipinski definition) is 5. The lowest BCUT2D eigenvalue weighted by molar-refractivity contribution is -0.130. The highest BCUT2D eigenvalue weighted by Gasteiger charge is 2.13. The Kier molecular flexibility index (Phi) is 5.01. The molecular formula is C18H21N5O3. The molecule has 2 heterocycles. The van der Waals surface area contributed by atoms with E-state index in [0.717, 1.165) is 11.3 Å². The number of likely N-dealkylation sites (N-methyl/N-ethyl adjacent to an activating group) is 1. The molecule has 0 saturated carbocycles. The van der Waals surface area contributed by atoms with Crippen LogP contribution in [0, 0.1) is 6.92 Å². The summed E-state index contributed by atoms with van der Waals surface area (Å²) in [5, 5.41) is 4.41. The van der Waals surface area contributed by atoms with Crippen molar-refractivity contribution in [2.45, 2.75) is 13.5 Å². The first-order chi connectivity index (χ1) is 12.5. The highest BCUT2D eigenvalue weighted by molar-refractivity contribution is 5.77. The second kappa shape index (κ2) is 7.38. The first kappa shape index (κ1) is 17.7. The molecule has 0 saturated heterocycles. The molecule has 3 aromatic rings. The van der Waals surface area contributed by atoms with Gasteiger partial charge in [-0.05, 0) is 24.6 Å². The molecule has 2 aromatic heterocycles. The summed E-state index contributed by atoms with van der Waals surface area (Å²) in [5.74, 6) is 0.582. The van der Waals surface area contributed by atoms with Gasteiger partial charge in [0.15, 0.2) is 5.65 Å². The second-order valence-electron chi connectivity index (χ2n) is 6.16. The number of nitrogens with zero attached hydrogens (tertiary/aromatic N) is 5. The summed E-state index contributed by atoms with van der Waals surface area (Å²) in [5.41, 5.74) is 1.34. The minimum atomic E-state index is -0.277. The van der Waals surface area contributed by atoms with Gasteiger partial charge in [0, 0.05) is 14.1 Å². The van der Waals surface area contributed by atoms with E-state index in [1.807, 2.05) is 31.2 Å². The standard InChI is InChI=1S/C18H21N5O3/c1-13-5-4-6-14(9-13)26-8-7-21(2)16(24)11-23-12-19-17-15(18(23)25)10-20-22(17)3/h4-6,9-10,12H,7-8,11H2,1-3H3. The number of aromatic nitrogens is 4. The van der Waals surface area contributed by atoms with E-state index in [9.17, 15) is 9.59 Å². The zero-order valence-electron chi connectivity index (χ0n) is 15.0. The van der Waals surface area contributed by atoms with Crippen molar-refractivity contribution in [3.8, 4) is 5.75 Å². The molecular weight excluding hydrogens is 334 g/mol. The quantitative estimate of drug-likeness (QED) is 0.658. The minimum absolute atomic E-state index is 0.0718. The SMILES string of the molecule is Cc1cccc(OCCN(C)C(=O)Cn2cnc3c(cnn3C)c2=O)c1. The molecule has 0 N–H and O–H groups in total. The van der Waals surface area contributed by atoms with Crippen LogP contribution in [0.4, 0.5) is 0 Å². The third kappa shape index (κ3) is 3.74. The predicted molar refractivity (Wildman–Crippen MR) is 97.1 cm³/mol. The lowest BCUT2D eigenvalue weighted by Crippen LogP contribution is -2.36. The van der Waals surface area contributed by atoms with Crippen molar-refractivity contribution in [1.29, 1.82) is 0 Å². The van der Waals surface area contributed by atoms with Gasteiger partial charge in [0.05, 0.1) is 12.7 Å². The number of ether oxygens (including phenoxy) is 1. The molecule has 8 nitrogen and oxygen atoms in total. The summed E-state index contributed by atoms with van der Waals surface area (Å²) in [6.07, 6.45) is 2.84. The molecule has 0 spiro atoms. The third-order valence-electron chi connectivity index (χ3n) is 4.13. The molecule has 0 bridgehead atoms. The Bertz CT molecular complexity index is 992. The van der Waals surface area contributed by atoms with Gasteiger partial charge in [0.1, 0.15) is 30.6 Å². The van der Waals surface area contributed by atoms with Gasteiger partial charge in [-0.25, -0.2) is 4.98 Å². The van der Waals surface area contributed by atoms with Crippen LogP contribution in [0.25, 0.3) is 11.0 Å². The van der Waals surface area contributed by atoms with Crippen LogP contribution in [-0.4, -0.2) is 50.3 Å². The Hall–Kier alpha value is -3.16. The van der Waals surface area contributed by atoms with Gasteiger partial charge in [0.2, 0.25) is 5.91 Å². The van der Waals surface area contributed by atoms with Gasteiger partial charge in [-0.2, -0.15) is 5.10 Å². The molecule has 8 heteroatoms. The zero-order valence-corrected chi connectivity index (χ0v) is 15.0. The number of benzene rings is 1. The normalized spacial score (nSPS) is 10.9. The van der Waals surface area contributed by atoms with Crippen LogP contribution in [0.1, 0.15) is 5.56 Å². The fraction of sp³-hybridized carbons (Fsp3) is 0.333. The van der Waals surface area contributed by atoms with Gasteiger partial charge in [-0.15, -0.1) is 0 Å². The fourth-order valence-corrected chi connectivity index (χ4v) is 2.58. The van der Waals surface area contributed by atoms with Crippen molar-refractivity contribution in [2.75, 3.05) is 20.2 Å². The van der Waals surface area contributed by atoms with E-state index in [-0.39, 0.29) is 18.0 Å². The lowest BCUT2D eigenvalue weighted by atomic mass is 10.2. The number of hydrogen-bond donors (Lipinski definition) is 0. The molecule has 26 heavy (non-hydrogen) atoms. The molecule has 1 aromatic carbocycles. The fourth-order valence-electron chi connectivity index (χ4n) is 2.58. The van der Waals surface area contributed by atoms with Crippen LogP contribution in [0.2, 0.25) is 0 Å². The average molecular weight is 355 g/mol. The summed E-state index contributed by atoms with van der Waals surface area (Å²) < 4.78 is 8.48. The van der Waals surface area contributed by atoms with Crippen molar-refractivity contribution in [3.05, 3.63) is 52.7 Å². The van der Waals surface area contributed by atoms with Crippen LogP contribution >= 0.6 is 0 Å². The van der Waals surface area contributed by atoms with E-state index in [4.69, 9.17) is 4.74 Å². The maximum Gasteiger partial charge on any atom is 0.264 e. The lowest BCUT2D eigenvalue weighted by Gasteiger charge is -2.18. The predicted octanol–water partition coefficient (Wildman–Crippen LogP) is 0.976. The topological polar surface area (TPSA) is 82.2 Å². The maximum atomic E-state index is 12.4. The summed E-state index contributed by atoms with van der Waals surface area (Å²) in [6.45, 7) is 2.72. The van der Waals surface area contributed by atoms with Crippen LogP contribution in [0.5, 0.6) is 5.75 Å². The second-order valence-corrected chi connectivity index (χ2v) is 6.16. The molecule has 0 fully saturated rings. The van der Waals surface area contributed by atoms with Gasteiger partial charge in [-0.3, -0.25) is 18.8 Å². The maximum absolute atomic E-state index is 12.4. The molecule has 0 atom stereocenters. The number of amides is 1. The molecule has 0 aliphatic rings. The number of carbonyl (C=O) groups is 1. The largest absolute Gasteiger partial charge is 0.492 e. The summed E-state index contributed by atoms with van der Waals surface area (Å²) >= 11 is 0. The number of aryl methyl sites for hydroxylation is 2. The van der Waals surface area contributed by atoms with Crippen LogP contribution < -0.4 is 10.3 Å². The highest BCUT2D eigenvalue weighted by Crippen LogP contribution is 2.12. The molecule has 0 radical (unpaired) electrons. The Morgan fingerprint density at radius 3 is 2.92 bits per heavy atom. The number of fused-ring (bicyclic) bond motifs is 1. The zero-order chi connectivity index (χ0) is 18.7. The summed E-state index contributed by atoms with van der Waals surface area (Å²) in [6, 6.07) is 7.74. The first-order valence-corrected chi connectivity index (χ1v) is 8.26. The van der Waals surface area contributed by atoms with Crippen molar-refractivity contribution in [1.82, 2.24) is 24.2 Å². The van der Waals surface area contributed by atoms with E-state index < -0.39 is 0 Å². The minimum Gasteiger partial charge on any atom is -0.492 e. The molecule has 1 amide bonds. The Morgan fingerprint density at radius 2 is 2.15 bits per heavy atom. The molecule has 3 rings (SSSR count). The van der Waals surface area contributed by atoms with E-state index in [2.05, 4.69) is 10.1 Å². The van der Waals surface area contributed by atoms with Crippen molar-refractivity contribution < 1.29 is 9.53 Å². The molecule has 0 unspecified atom stereocenters. The number of carbonyl (C=O) groups excluding carboxylic acids is 1. The van der Waals surface area contributed by atoms with Crippen molar-refractivity contribution >= 4 is 16.9 Å². The van der Waals surface area contributed by atoms with Gasteiger partial charge < -0.3 is 9.64 Å². The van der Waals surface area contributed by atoms with Crippen LogP contribution in [-0.2, 0) is 18.4 Å². The Balaban J connectivity index is 1.59. The van der Waals surface area contributed by atoms with Crippen LogP contribution in [0.15, 0.2) is 41.6 Å². The van der Waals surface area contributed by atoms with E-state index in [1.54, 1.807) is 14.1 Å². The first-order valence-electron chi connectivity index (χ1n) is 8.26. The Labute approximate surface area is 150 Å². The van der Waals surface area contributed by atoms with Gasteiger partial charge >= 0.3 is 0 Å². The van der Waals surface area contributed by atoms with E-state index in [1.165, 1.54) is 26.7 Å². The van der Waals surface area contributed by atoms with Crippen molar-refractivity contribution in [2.24, 2.45) is 7.05 Å². The van der Waals surface area contributed by atoms with E-state index in [0.29, 0.717) is 24.2 Å². The summed E-state index contributed by atoms with van der Waals surface area (Å²) in [7, 11) is 3.40. The van der Waals surface area contributed by atoms with Crippen LogP contribution in [0.3, 0.4) is 0 Å². The molecule has 0 aliphatic carbocycles. The van der Waals surface area contributed by atoms with Gasteiger partial charge in [-0.1, -0.05) is 12.1 Å². The van der Waals surface area contributed by atoms with Gasteiger partial charge in [0.25, 0.3) is 5.56 Å². The molecule has 136 valence electrons. The molecule has 0 aliphatic heterocycles. The highest BCUT2D eigenvalue weighted by atomic mass is 16.5.